The molecule has 0 aliphatic heterocycles. The molecule has 0 N–H and O–H groups in total. The van der Waals surface area contributed by atoms with Crippen molar-refractivity contribution >= 4 is 38.9 Å². The van der Waals surface area contributed by atoms with Crippen molar-refractivity contribution in [2.45, 2.75) is 0 Å². The highest BCUT2D eigenvalue weighted by atomic mass is 79.9. The van der Waals surface area contributed by atoms with Gasteiger partial charge in [0.05, 0.1) is 16.1 Å². The maximum Gasteiger partial charge on any atom is 0.175 e. The lowest BCUT2D eigenvalue weighted by Crippen LogP contribution is -1.83. The quantitative estimate of drug-likeness (QED) is 0.650. The molecule has 0 fully saturated rings. The summed E-state index contributed by atoms with van der Waals surface area (Å²) in [6, 6.07) is 0. The molecule has 11 heavy (non-hydrogen) atoms. The first-order chi connectivity index (χ1) is 5.29. The van der Waals surface area contributed by atoms with Gasteiger partial charge >= 0.3 is 0 Å². The maximum absolute atomic E-state index is 5.72. The van der Waals surface area contributed by atoms with Crippen LogP contribution < -0.4 is 0 Å². The van der Waals surface area contributed by atoms with Crippen LogP contribution in [0.5, 0.6) is 0 Å². The largest absolute Gasteiger partial charge is 0.248 e. The van der Waals surface area contributed by atoms with E-state index in [0.29, 0.717) is 16.3 Å². The van der Waals surface area contributed by atoms with E-state index < -0.39 is 0 Å². The van der Waals surface area contributed by atoms with Crippen molar-refractivity contribution in [2.24, 2.45) is 0 Å². The Labute approximate surface area is 75.6 Å². The number of aromatic nitrogens is 4. The van der Waals surface area contributed by atoms with Crippen molar-refractivity contribution in [2.75, 3.05) is 0 Å². The van der Waals surface area contributed by atoms with Gasteiger partial charge in [0.25, 0.3) is 0 Å². The van der Waals surface area contributed by atoms with Gasteiger partial charge < -0.3 is 0 Å². The molecule has 0 saturated carbocycles. The molecule has 2 rings (SSSR count). The molecule has 0 amide bonds. The summed E-state index contributed by atoms with van der Waals surface area (Å²) in [5.74, 6) is 0. The number of hydrogen-bond acceptors (Lipinski definition) is 3. The van der Waals surface area contributed by atoms with Gasteiger partial charge in [-0.1, -0.05) is 11.6 Å². The molecule has 0 spiro atoms. The van der Waals surface area contributed by atoms with E-state index in [1.165, 1.54) is 6.33 Å². The molecule has 0 atom stereocenters. The zero-order valence-corrected chi connectivity index (χ0v) is 7.54. The summed E-state index contributed by atoms with van der Waals surface area (Å²) in [6.45, 7) is 0. The van der Waals surface area contributed by atoms with Crippen LogP contribution in [0, 0.1) is 0 Å². The monoisotopic (exact) mass is 232 g/mol. The molecule has 2 heterocycles. The van der Waals surface area contributed by atoms with Crippen LogP contribution in [0.15, 0.2) is 12.7 Å². The molecule has 0 bridgehead atoms. The molecule has 0 unspecified atom stereocenters. The first-order valence-electron chi connectivity index (χ1n) is 2.79. The molecule has 6 heteroatoms. The summed E-state index contributed by atoms with van der Waals surface area (Å²) in [6.07, 6.45) is 2.97. The Bertz CT molecular complexity index is 398. The summed E-state index contributed by atoms with van der Waals surface area (Å²) in [5.41, 5.74) is 1.27. The fourth-order valence-electron chi connectivity index (χ4n) is 0.779. The topological polar surface area (TPSA) is 43.6 Å². The van der Waals surface area contributed by atoms with Gasteiger partial charge in [-0.3, -0.25) is 0 Å². The molecule has 0 aromatic carbocycles. The third-order valence-corrected chi connectivity index (χ3v) is 2.04. The maximum atomic E-state index is 5.72. The van der Waals surface area contributed by atoms with Crippen molar-refractivity contribution in [3.63, 3.8) is 0 Å². The van der Waals surface area contributed by atoms with Gasteiger partial charge in [0, 0.05) is 0 Å². The van der Waals surface area contributed by atoms with Crippen LogP contribution in [0.4, 0.5) is 0 Å². The standard InChI is InChI=1S/C5H2BrClN4/c6-11-2-10-3-4(7)8-1-9-5(3)11/h1-2H. The predicted molar refractivity (Wildman–Crippen MR) is 44.7 cm³/mol. The van der Waals surface area contributed by atoms with Crippen LogP contribution in [0.1, 0.15) is 0 Å². The Kier molecular flexibility index (Phi) is 1.54. The second-order valence-electron chi connectivity index (χ2n) is 1.89. The van der Waals surface area contributed by atoms with Gasteiger partial charge in [-0.25, -0.2) is 18.5 Å². The molecule has 56 valence electrons. The van der Waals surface area contributed by atoms with Crippen LogP contribution in [-0.2, 0) is 0 Å². The number of fused-ring (bicyclic) bond motifs is 1. The van der Waals surface area contributed by atoms with Gasteiger partial charge in [0.1, 0.15) is 18.2 Å². The van der Waals surface area contributed by atoms with Crippen LogP contribution in [0.2, 0.25) is 5.15 Å². The van der Waals surface area contributed by atoms with Crippen LogP contribution in [0.25, 0.3) is 11.2 Å². The Morgan fingerprint density at radius 1 is 1.36 bits per heavy atom. The lowest BCUT2D eigenvalue weighted by atomic mass is 10.6. The van der Waals surface area contributed by atoms with Crippen molar-refractivity contribution in [1.82, 2.24) is 18.5 Å². The van der Waals surface area contributed by atoms with Gasteiger partial charge in [-0.15, -0.1) is 0 Å². The highest BCUT2D eigenvalue weighted by Crippen LogP contribution is 2.17. The minimum Gasteiger partial charge on any atom is -0.248 e. The molecule has 0 aliphatic carbocycles. The second-order valence-corrected chi connectivity index (χ2v) is 3.01. The Morgan fingerprint density at radius 2 is 2.18 bits per heavy atom. The Morgan fingerprint density at radius 3 is 2.91 bits per heavy atom. The summed E-state index contributed by atoms with van der Waals surface area (Å²) < 4.78 is 1.61. The molecule has 2 aromatic rings. The van der Waals surface area contributed by atoms with E-state index in [0.717, 1.165) is 0 Å². The number of nitrogens with zero attached hydrogens (tertiary/aromatic N) is 4. The molecule has 0 radical (unpaired) electrons. The number of rotatable bonds is 0. The highest BCUT2D eigenvalue weighted by molar-refractivity contribution is 9.08. The van der Waals surface area contributed by atoms with Crippen molar-refractivity contribution in [1.29, 1.82) is 0 Å². The van der Waals surface area contributed by atoms with E-state index in [1.54, 1.807) is 9.92 Å². The first-order valence-corrected chi connectivity index (χ1v) is 3.87. The lowest BCUT2D eigenvalue weighted by molar-refractivity contribution is 1.19. The second kappa shape index (κ2) is 2.42. The number of hydrogen-bond donors (Lipinski definition) is 0. The number of halogens is 2. The molecule has 0 aliphatic rings. The molecule has 0 saturated heterocycles. The SMILES string of the molecule is Clc1ncnc2c1ncn2Br. The fraction of sp³-hybridized carbons (Fsp3) is 0. The van der Waals surface area contributed by atoms with Crippen molar-refractivity contribution < 1.29 is 0 Å². The fourth-order valence-corrected chi connectivity index (χ4v) is 1.31. The van der Waals surface area contributed by atoms with E-state index in [4.69, 9.17) is 11.6 Å². The minimum atomic E-state index is 0.369. The summed E-state index contributed by atoms with van der Waals surface area (Å²) in [4.78, 5) is 11.7. The highest BCUT2D eigenvalue weighted by Gasteiger charge is 2.05. The zero-order valence-electron chi connectivity index (χ0n) is 5.20. The van der Waals surface area contributed by atoms with E-state index >= 15 is 0 Å². The normalized spacial score (nSPS) is 10.7. The van der Waals surface area contributed by atoms with E-state index in [2.05, 4.69) is 31.1 Å². The Hall–Kier alpha value is -0.680. The minimum absolute atomic E-state index is 0.369. The summed E-state index contributed by atoms with van der Waals surface area (Å²) in [5, 5.41) is 0.369. The summed E-state index contributed by atoms with van der Waals surface area (Å²) in [7, 11) is 0. The molecular formula is C5H2BrClN4. The van der Waals surface area contributed by atoms with Crippen molar-refractivity contribution in [3.8, 4) is 0 Å². The van der Waals surface area contributed by atoms with Gasteiger partial charge in [0.2, 0.25) is 0 Å². The van der Waals surface area contributed by atoms with E-state index in [1.807, 2.05) is 0 Å². The third-order valence-electron chi connectivity index (χ3n) is 1.25. The van der Waals surface area contributed by atoms with E-state index in [-0.39, 0.29) is 0 Å². The molecule has 2 aromatic heterocycles. The molecular weight excluding hydrogens is 231 g/mol. The van der Waals surface area contributed by atoms with Crippen LogP contribution in [-0.4, -0.2) is 18.5 Å². The predicted octanol–water partition coefficient (Wildman–Crippen LogP) is 1.64. The van der Waals surface area contributed by atoms with Gasteiger partial charge in [-0.2, -0.15) is 0 Å². The van der Waals surface area contributed by atoms with Gasteiger partial charge in [-0.05, 0) is 0 Å². The average molecular weight is 233 g/mol. The third kappa shape index (κ3) is 1.00. The van der Waals surface area contributed by atoms with E-state index in [9.17, 15) is 0 Å². The van der Waals surface area contributed by atoms with Gasteiger partial charge in [0.15, 0.2) is 10.8 Å². The van der Waals surface area contributed by atoms with Crippen LogP contribution in [0.3, 0.4) is 0 Å². The summed E-state index contributed by atoms with van der Waals surface area (Å²) >= 11 is 8.93. The average Bonchev–Trinajstić information content (AvgIpc) is 2.35. The lowest BCUT2D eigenvalue weighted by Gasteiger charge is -1.89. The number of imidazole rings is 1. The zero-order chi connectivity index (χ0) is 7.84. The van der Waals surface area contributed by atoms with Crippen LogP contribution >= 0.6 is 27.7 Å². The Balaban J connectivity index is 2.94. The van der Waals surface area contributed by atoms with Crippen molar-refractivity contribution in [3.05, 3.63) is 17.8 Å². The smallest absolute Gasteiger partial charge is 0.175 e. The first kappa shape index (κ1) is 7.00. The molecule has 4 nitrogen and oxygen atoms in total.